The van der Waals surface area contributed by atoms with E-state index in [4.69, 9.17) is 14.2 Å². The Morgan fingerprint density at radius 3 is 1.32 bits per heavy atom. The molecule has 8 nitrogen and oxygen atoms in total. The van der Waals surface area contributed by atoms with Crippen LogP contribution in [0.25, 0.3) is 0 Å². The number of ether oxygens (including phenoxy) is 3. The van der Waals surface area contributed by atoms with Gasteiger partial charge in [0, 0.05) is 6.42 Å². The molecule has 8 heteroatoms. The third-order valence-corrected chi connectivity index (χ3v) is 7.96. The van der Waals surface area contributed by atoms with Gasteiger partial charge in [-0.3, -0.25) is 4.79 Å². The Morgan fingerprint density at radius 2 is 0.929 bits per heavy atom. The van der Waals surface area contributed by atoms with E-state index in [0.29, 0.717) is 11.0 Å². The smallest absolute Gasteiger partial charge is 0.361 e. The van der Waals surface area contributed by atoms with Crippen molar-refractivity contribution in [3.63, 3.8) is 0 Å². The van der Waals surface area contributed by atoms with E-state index in [0.717, 1.165) is 96.3 Å². The standard InChI is InChI=1S/C48H75NO7/c1-5-6-7-8-9-10-11-12-13-14-15-16-17-18-19-20-21-22-23-24-25-26-27-28-29-30-31-32-33-34-35-36-37-38-39-40-46(51)55-43-45(50)44-56-48(47(52)53)54-42-41-49(2,3)4/h6-7,9-10,12-13,15-16,18-19,21-22,24-25,27-28,30-31,33-34,45,48,50H,5,8,11,14,17,20,23,26,29,32,35-44H2,1-4H3/p+1/b7-6-,10-9-,13-12-,16-15-,19-18-,22-21-,25-24-,28-27-,31-30-,34-33-. The third kappa shape index (κ3) is 41.3. The third-order valence-electron chi connectivity index (χ3n) is 7.96. The van der Waals surface area contributed by atoms with E-state index in [2.05, 4.69) is 128 Å². The molecule has 0 saturated heterocycles. The van der Waals surface area contributed by atoms with Crippen LogP contribution < -0.4 is 0 Å². The number of carbonyl (C=O) groups excluding carboxylic acids is 1. The van der Waals surface area contributed by atoms with E-state index in [-0.39, 0.29) is 32.2 Å². The Labute approximate surface area is 340 Å². The highest BCUT2D eigenvalue weighted by Crippen LogP contribution is 2.08. The lowest BCUT2D eigenvalue weighted by atomic mass is 10.1. The molecule has 56 heavy (non-hydrogen) atoms. The minimum atomic E-state index is -1.48. The fraction of sp³-hybridized carbons (Fsp3) is 0.542. The highest BCUT2D eigenvalue weighted by Gasteiger charge is 2.22. The predicted octanol–water partition coefficient (Wildman–Crippen LogP) is 10.9. The summed E-state index contributed by atoms with van der Waals surface area (Å²) in [6.07, 6.45) is 56.7. The number of likely N-dealkylation sites (N-methyl/N-ethyl adjacent to an activating group) is 1. The lowest BCUT2D eigenvalue weighted by molar-refractivity contribution is -0.870. The van der Waals surface area contributed by atoms with Gasteiger partial charge in [-0.15, -0.1) is 0 Å². The van der Waals surface area contributed by atoms with Gasteiger partial charge >= 0.3 is 11.9 Å². The predicted molar refractivity (Wildman–Crippen MR) is 234 cm³/mol. The van der Waals surface area contributed by atoms with E-state index in [1.54, 1.807) is 0 Å². The zero-order valence-electron chi connectivity index (χ0n) is 35.2. The normalized spacial score (nSPS) is 14.4. The zero-order chi connectivity index (χ0) is 41.2. The summed E-state index contributed by atoms with van der Waals surface area (Å²) in [4.78, 5) is 23.3. The molecular weight excluding hydrogens is 703 g/mol. The maximum Gasteiger partial charge on any atom is 0.361 e. The van der Waals surface area contributed by atoms with Crippen molar-refractivity contribution < 1.29 is 38.5 Å². The number of hydrogen-bond acceptors (Lipinski definition) is 6. The fourth-order valence-corrected chi connectivity index (χ4v) is 4.74. The van der Waals surface area contributed by atoms with E-state index < -0.39 is 18.4 Å². The Kier molecular flexibility index (Phi) is 36.7. The van der Waals surface area contributed by atoms with Gasteiger partial charge in [-0.1, -0.05) is 141 Å². The summed E-state index contributed by atoms with van der Waals surface area (Å²) < 4.78 is 16.1. The topological polar surface area (TPSA) is 102 Å². The first-order valence-corrected chi connectivity index (χ1v) is 20.8. The van der Waals surface area contributed by atoms with Crippen LogP contribution in [-0.4, -0.2) is 86.5 Å². The molecule has 0 aromatic rings. The number of rotatable bonds is 36. The molecule has 2 unspecified atom stereocenters. The molecule has 0 radical (unpaired) electrons. The van der Waals surface area contributed by atoms with Crippen LogP contribution >= 0.6 is 0 Å². The molecule has 2 N–H and O–H groups in total. The number of unbranched alkanes of at least 4 members (excludes halogenated alkanes) is 4. The van der Waals surface area contributed by atoms with Crippen molar-refractivity contribution in [2.45, 2.75) is 122 Å². The van der Waals surface area contributed by atoms with Gasteiger partial charge in [0.15, 0.2) is 0 Å². The van der Waals surface area contributed by atoms with Gasteiger partial charge in [0.05, 0.1) is 34.4 Å². The van der Waals surface area contributed by atoms with E-state index >= 15 is 0 Å². The van der Waals surface area contributed by atoms with Crippen LogP contribution in [-0.2, 0) is 23.8 Å². The van der Waals surface area contributed by atoms with Crippen LogP contribution in [0.4, 0.5) is 0 Å². The first-order chi connectivity index (χ1) is 27.2. The van der Waals surface area contributed by atoms with Gasteiger partial charge in [-0.05, 0) is 83.5 Å². The summed E-state index contributed by atoms with van der Waals surface area (Å²) in [5.41, 5.74) is 0. The zero-order valence-corrected chi connectivity index (χ0v) is 35.2. The average molecular weight is 779 g/mol. The molecule has 0 fully saturated rings. The van der Waals surface area contributed by atoms with Gasteiger partial charge < -0.3 is 28.9 Å². The number of hydrogen-bond donors (Lipinski definition) is 2. The Bertz CT molecular complexity index is 1260. The highest BCUT2D eigenvalue weighted by molar-refractivity contribution is 5.70. The molecule has 0 bridgehead atoms. The molecule has 0 amide bonds. The van der Waals surface area contributed by atoms with Crippen molar-refractivity contribution in [2.75, 3.05) is 47.5 Å². The summed E-state index contributed by atoms with van der Waals surface area (Å²) in [5.74, 6) is -1.65. The maximum atomic E-state index is 12.0. The second-order valence-electron chi connectivity index (χ2n) is 14.4. The molecule has 0 saturated carbocycles. The summed E-state index contributed by atoms with van der Waals surface area (Å²) in [7, 11) is 5.90. The number of nitrogens with zero attached hydrogens (tertiary/aromatic N) is 1. The number of quaternary nitrogens is 1. The molecule has 2 atom stereocenters. The molecule has 0 aliphatic heterocycles. The first kappa shape index (κ1) is 52.2. The van der Waals surface area contributed by atoms with E-state index in [9.17, 15) is 19.8 Å². The quantitative estimate of drug-likeness (QED) is 0.0215. The number of carbonyl (C=O) groups is 2. The van der Waals surface area contributed by atoms with Crippen LogP contribution in [0.5, 0.6) is 0 Å². The van der Waals surface area contributed by atoms with Gasteiger partial charge in [-0.2, -0.15) is 0 Å². The number of carboxylic acids is 1. The lowest BCUT2D eigenvalue weighted by Gasteiger charge is -2.24. The molecule has 0 aliphatic rings. The van der Waals surface area contributed by atoms with Crippen LogP contribution in [0, 0.1) is 0 Å². The number of aliphatic hydroxyl groups is 1. The second-order valence-corrected chi connectivity index (χ2v) is 14.4. The number of aliphatic hydroxyl groups excluding tert-OH is 1. The van der Waals surface area contributed by atoms with Crippen molar-refractivity contribution in [1.82, 2.24) is 0 Å². The molecule has 0 spiro atoms. The van der Waals surface area contributed by atoms with Gasteiger partial charge in [-0.25, -0.2) is 4.79 Å². The van der Waals surface area contributed by atoms with Crippen molar-refractivity contribution in [1.29, 1.82) is 0 Å². The largest absolute Gasteiger partial charge is 0.477 e. The number of carboxylic acid groups (broad SMARTS) is 1. The monoisotopic (exact) mass is 779 g/mol. The molecule has 0 aromatic carbocycles. The van der Waals surface area contributed by atoms with E-state index in [1.165, 1.54) is 0 Å². The van der Waals surface area contributed by atoms with Gasteiger partial charge in [0.25, 0.3) is 6.29 Å². The van der Waals surface area contributed by atoms with Crippen LogP contribution in [0.2, 0.25) is 0 Å². The minimum Gasteiger partial charge on any atom is -0.477 e. The Hall–Kier alpha value is -3.82. The Balaban J connectivity index is 3.71. The van der Waals surface area contributed by atoms with Crippen molar-refractivity contribution in [3.05, 3.63) is 122 Å². The fourth-order valence-electron chi connectivity index (χ4n) is 4.74. The number of allylic oxidation sites excluding steroid dienone is 20. The molecular formula is C48H76NO7+. The summed E-state index contributed by atoms with van der Waals surface area (Å²) in [6, 6.07) is 0. The molecule has 0 heterocycles. The highest BCUT2D eigenvalue weighted by atomic mass is 16.7. The summed E-state index contributed by atoms with van der Waals surface area (Å²) in [5, 5.41) is 19.2. The molecule has 0 aliphatic carbocycles. The van der Waals surface area contributed by atoms with Crippen LogP contribution in [0.15, 0.2) is 122 Å². The van der Waals surface area contributed by atoms with Crippen LogP contribution in [0.1, 0.15) is 110 Å². The SMILES string of the molecule is CC/C=C\C/C=C\C/C=C\C/C=C\C/C=C\C/C=C\C/C=C\C/C=C\C/C=C\C/C=C\CCCCCCC(=O)OCC(O)COC(OCC[N+](C)(C)C)C(=O)O. The van der Waals surface area contributed by atoms with Gasteiger partial charge in [0.2, 0.25) is 0 Å². The summed E-state index contributed by atoms with van der Waals surface area (Å²) in [6.45, 7) is 2.41. The van der Waals surface area contributed by atoms with Crippen molar-refractivity contribution in [2.24, 2.45) is 0 Å². The van der Waals surface area contributed by atoms with Crippen molar-refractivity contribution in [3.8, 4) is 0 Å². The number of esters is 1. The maximum absolute atomic E-state index is 12.0. The molecule has 0 rings (SSSR count). The van der Waals surface area contributed by atoms with Crippen LogP contribution in [0.3, 0.4) is 0 Å². The van der Waals surface area contributed by atoms with Gasteiger partial charge in [0.1, 0.15) is 19.3 Å². The second kappa shape index (κ2) is 39.4. The number of aliphatic carboxylic acids is 1. The average Bonchev–Trinajstić information content (AvgIpc) is 3.16. The summed E-state index contributed by atoms with van der Waals surface area (Å²) >= 11 is 0. The minimum absolute atomic E-state index is 0.199. The first-order valence-electron chi connectivity index (χ1n) is 20.8. The van der Waals surface area contributed by atoms with E-state index in [1.807, 2.05) is 21.1 Å². The lowest BCUT2D eigenvalue weighted by Crippen LogP contribution is -2.40. The molecule has 314 valence electrons. The molecule has 0 aromatic heterocycles. The van der Waals surface area contributed by atoms with Crippen molar-refractivity contribution >= 4 is 11.9 Å². The Morgan fingerprint density at radius 1 is 0.536 bits per heavy atom.